The zero-order valence-electron chi connectivity index (χ0n) is 16.4. The van der Waals surface area contributed by atoms with Crippen molar-refractivity contribution in [1.29, 1.82) is 0 Å². The van der Waals surface area contributed by atoms with Crippen LogP contribution in [0.5, 0.6) is 0 Å². The lowest BCUT2D eigenvalue weighted by Gasteiger charge is -2.09. The van der Waals surface area contributed by atoms with Crippen molar-refractivity contribution in [3.63, 3.8) is 0 Å². The van der Waals surface area contributed by atoms with Gasteiger partial charge in [0.1, 0.15) is 5.82 Å². The molecule has 0 atom stereocenters. The van der Waals surface area contributed by atoms with Crippen LogP contribution in [0.4, 0.5) is 13.2 Å². The van der Waals surface area contributed by atoms with Crippen LogP contribution in [-0.2, 0) is 25.7 Å². The molecule has 0 spiro atoms. The molecule has 0 radical (unpaired) electrons. The number of hydrogen-bond acceptors (Lipinski definition) is 0. The largest absolute Gasteiger partial charge is 0.206 e. The highest BCUT2D eigenvalue weighted by Gasteiger charge is 2.13. The molecular weight excluding hydrogens is 357 g/mol. The summed E-state index contributed by atoms with van der Waals surface area (Å²) in [5.74, 6) is -1.68. The molecule has 0 nitrogen and oxygen atoms in total. The van der Waals surface area contributed by atoms with Crippen LogP contribution in [0.2, 0.25) is 0 Å². The number of aryl methyl sites for hydroxylation is 4. The normalized spacial score (nSPS) is 11.0. The first-order valence-electron chi connectivity index (χ1n) is 9.87. The number of rotatable bonds is 7. The van der Waals surface area contributed by atoms with Gasteiger partial charge >= 0.3 is 0 Å². The number of benzene rings is 3. The van der Waals surface area contributed by atoms with Gasteiger partial charge in [-0.1, -0.05) is 68.8 Å². The SMILES string of the molecule is CCCc1ccc(CCc2ccc(-c3ccc(CC)cc3F)cc2)c(F)c1F. The van der Waals surface area contributed by atoms with Crippen molar-refractivity contribution in [2.75, 3.05) is 0 Å². The second-order valence-electron chi connectivity index (χ2n) is 7.13. The second kappa shape index (κ2) is 9.09. The fourth-order valence-corrected chi connectivity index (χ4v) is 3.43. The van der Waals surface area contributed by atoms with E-state index in [2.05, 4.69) is 0 Å². The van der Waals surface area contributed by atoms with E-state index in [4.69, 9.17) is 0 Å². The van der Waals surface area contributed by atoms with Gasteiger partial charge in [-0.05, 0) is 59.6 Å². The fraction of sp³-hybridized carbons (Fsp3) is 0.280. The predicted octanol–water partition coefficient (Wildman–Crippen LogP) is 7.07. The highest BCUT2D eigenvalue weighted by molar-refractivity contribution is 5.64. The Bertz CT molecular complexity index is 943. The molecule has 146 valence electrons. The summed E-state index contributed by atoms with van der Waals surface area (Å²) in [7, 11) is 0. The summed E-state index contributed by atoms with van der Waals surface area (Å²) in [6.07, 6.45) is 3.14. The number of halogens is 3. The van der Waals surface area contributed by atoms with Gasteiger partial charge in [-0.15, -0.1) is 0 Å². The molecule has 0 aliphatic rings. The summed E-state index contributed by atoms with van der Waals surface area (Å²) in [5, 5.41) is 0. The van der Waals surface area contributed by atoms with E-state index in [1.807, 2.05) is 44.2 Å². The molecule has 28 heavy (non-hydrogen) atoms. The van der Waals surface area contributed by atoms with Gasteiger partial charge in [0.25, 0.3) is 0 Å². The van der Waals surface area contributed by atoms with E-state index >= 15 is 0 Å². The average molecular weight is 382 g/mol. The molecule has 0 amide bonds. The van der Waals surface area contributed by atoms with Gasteiger partial charge in [-0.25, -0.2) is 13.2 Å². The maximum absolute atomic E-state index is 14.3. The third-order valence-corrected chi connectivity index (χ3v) is 5.15. The molecule has 0 fully saturated rings. The van der Waals surface area contributed by atoms with E-state index < -0.39 is 11.6 Å². The molecule has 0 bridgehead atoms. The van der Waals surface area contributed by atoms with Crippen molar-refractivity contribution < 1.29 is 13.2 Å². The summed E-state index contributed by atoms with van der Waals surface area (Å²) in [6, 6.07) is 16.3. The van der Waals surface area contributed by atoms with E-state index in [0.29, 0.717) is 36.0 Å². The highest BCUT2D eigenvalue weighted by atomic mass is 19.2. The molecule has 3 aromatic rings. The molecule has 0 heterocycles. The first-order valence-corrected chi connectivity index (χ1v) is 9.87. The first-order chi connectivity index (χ1) is 13.5. The maximum atomic E-state index is 14.3. The van der Waals surface area contributed by atoms with E-state index in [1.54, 1.807) is 24.3 Å². The zero-order chi connectivity index (χ0) is 20.1. The van der Waals surface area contributed by atoms with Crippen molar-refractivity contribution in [2.45, 2.75) is 46.0 Å². The lowest BCUT2D eigenvalue weighted by Crippen LogP contribution is -2.01. The highest BCUT2D eigenvalue weighted by Crippen LogP contribution is 2.25. The van der Waals surface area contributed by atoms with Crippen LogP contribution < -0.4 is 0 Å². The molecule has 0 N–H and O–H groups in total. The number of hydrogen-bond donors (Lipinski definition) is 0. The van der Waals surface area contributed by atoms with Crippen LogP contribution in [0.3, 0.4) is 0 Å². The van der Waals surface area contributed by atoms with Crippen LogP contribution in [0.25, 0.3) is 11.1 Å². The van der Waals surface area contributed by atoms with Crippen molar-refractivity contribution in [1.82, 2.24) is 0 Å². The molecule has 0 aliphatic carbocycles. The Morgan fingerprint density at radius 1 is 0.643 bits per heavy atom. The minimum atomic E-state index is -0.736. The van der Waals surface area contributed by atoms with E-state index in [9.17, 15) is 13.2 Å². The summed E-state index contributed by atoms with van der Waals surface area (Å²) in [6.45, 7) is 3.94. The topological polar surface area (TPSA) is 0 Å². The van der Waals surface area contributed by atoms with Gasteiger partial charge in [0, 0.05) is 5.56 Å². The first kappa shape index (κ1) is 20.2. The van der Waals surface area contributed by atoms with Gasteiger partial charge in [-0.2, -0.15) is 0 Å². The molecule has 0 saturated carbocycles. The lowest BCUT2D eigenvalue weighted by atomic mass is 9.98. The molecule has 0 aliphatic heterocycles. The summed E-state index contributed by atoms with van der Waals surface area (Å²) >= 11 is 0. The molecule has 0 saturated heterocycles. The standard InChI is InChI=1S/C25H25F3/c1-3-5-20-13-14-21(25(28)24(20)27)12-8-18-6-10-19(11-7-18)22-15-9-17(4-2)16-23(22)26/h6-7,9-11,13-16H,3-5,8,12H2,1-2H3. The van der Waals surface area contributed by atoms with Crippen molar-refractivity contribution >= 4 is 0 Å². The van der Waals surface area contributed by atoms with Crippen LogP contribution in [0, 0.1) is 17.5 Å². The quantitative estimate of drug-likeness (QED) is 0.410. The summed E-state index contributed by atoms with van der Waals surface area (Å²) in [4.78, 5) is 0. The minimum absolute atomic E-state index is 0.225. The van der Waals surface area contributed by atoms with E-state index in [1.165, 1.54) is 0 Å². The lowest BCUT2D eigenvalue weighted by molar-refractivity contribution is 0.488. The van der Waals surface area contributed by atoms with Gasteiger partial charge < -0.3 is 0 Å². The molecule has 0 aromatic heterocycles. The molecular formula is C25H25F3. The van der Waals surface area contributed by atoms with E-state index in [0.717, 1.165) is 29.5 Å². The Kier molecular flexibility index (Phi) is 6.56. The van der Waals surface area contributed by atoms with Crippen LogP contribution in [0.15, 0.2) is 54.6 Å². The van der Waals surface area contributed by atoms with Gasteiger partial charge in [0.15, 0.2) is 11.6 Å². The minimum Gasteiger partial charge on any atom is -0.206 e. The molecule has 0 unspecified atom stereocenters. The van der Waals surface area contributed by atoms with Gasteiger partial charge in [0.2, 0.25) is 0 Å². The van der Waals surface area contributed by atoms with Crippen molar-refractivity contribution in [2.24, 2.45) is 0 Å². The smallest absolute Gasteiger partial charge is 0.162 e. The Hall–Kier alpha value is -2.55. The third-order valence-electron chi connectivity index (χ3n) is 5.15. The van der Waals surface area contributed by atoms with E-state index in [-0.39, 0.29) is 5.82 Å². The van der Waals surface area contributed by atoms with Gasteiger partial charge in [0.05, 0.1) is 0 Å². The molecule has 3 rings (SSSR count). The average Bonchev–Trinajstić information content (AvgIpc) is 2.71. The predicted molar refractivity (Wildman–Crippen MR) is 109 cm³/mol. The van der Waals surface area contributed by atoms with Crippen molar-refractivity contribution in [3.8, 4) is 11.1 Å². The maximum Gasteiger partial charge on any atom is 0.162 e. The monoisotopic (exact) mass is 382 g/mol. The Balaban J connectivity index is 1.71. The summed E-state index contributed by atoms with van der Waals surface area (Å²) in [5.41, 5.74) is 4.18. The second-order valence-corrected chi connectivity index (χ2v) is 7.13. The Morgan fingerprint density at radius 3 is 1.82 bits per heavy atom. The van der Waals surface area contributed by atoms with Gasteiger partial charge in [-0.3, -0.25) is 0 Å². The van der Waals surface area contributed by atoms with Crippen LogP contribution in [0.1, 0.15) is 42.5 Å². The fourth-order valence-electron chi connectivity index (χ4n) is 3.43. The van der Waals surface area contributed by atoms with Crippen LogP contribution >= 0.6 is 0 Å². The zero-order valence-corrected chi connectivity index (χ0v) is 16.4. The molecule has 3 aromatic carbocycles. The van der Waals surface area contributed by atoms with Crippen LogP contribution in [-0.4, -0.2) is 0 Å². The third kappa shape index (κ3) is 4.46. The molecule has 3 heteroatoms. The summed E-state index contributed by atoms with van der Waals surface area (Å²) < 4.78 is 42.6. The Morgan fingerprint density at radius 2 is 1.25 bits per heavy atom. The van der Waals surface area contributed by atoms with Crippen molar-refractivity contribution in [3.05, 3.63) is 94.3 Å². The Labute approximate surface area is 165 Å².